The fraction of sp³-hybridized carbons (Fsp3) is 0.389. The van der Waals surface area contributed by atoms with Crippen LogP contribution < -0.4 is 0 Å². The summed E-state index contributed by atoms with van der Waals surface area (Å²) in [4.78, 5) is 41.0. The maximum Gasteiger partial charge on any atom is 0.244 e. The number of halogens is 2. The van der Waals surface area contributed by atoms with Gasteiger partial charge in [-0.2, -0.15) is 0 Å². The van der Waals surface area contributed by atoms with Gasteiger partial charge in [-0.15, -0.1) is 0 Å². The smallest absolute Gasteiger partial charge is 0.244 e. The van der Waals surface area contributed by atoms with Crippen LogP contribution in [0.4, 0.5) is 8.78 Å². The molecule has 0 bridgehead atoms. The third-order valence-corrected chi connectivity index (χ3v) is 11.1. The van der Waals surface area contributed by atoms with Gasteiger partial charge < -0.3 is 4.90 Å². The van der Waals surface area contributed by atoms with Crippen molar-refractivity contribution in [1.29, 1.82) is 0 Å². The Morgan fingerprint density at radius 1 is 0.932 bits per heavy atom. The normalized spacial score (nSPS) is 25.9. The number of nitrogens with zero attached hydrogens (tertiary/aromatic N) is 4. The summed E-state index contributed by atoms with van der Waals surface area (Å²) in [5, 5.41) is 0.950. The molecule has 1 aliphatic heterocycles. The van der Waals surface area contributed by atoms with Crippen LogP contribution in [0.25, 0.3) is 10.9 Å². The van der Waals surface area contributed by atoms with Crippen molar-refractivity contribution in [1.82, 2.24) is 19.8 Å². The first-order chi connectivity index (χ1) is 21.1. The Balaban J connectivity index is 1.17. The van der Waals surface area contributed by atoms with Crippen LogP contribution in [0.1, 0.15) is 66.1 Å². The number of carbonyl (C=O) groups is 2. The molecule has 1 saturated heterocycles. The number of Topliss-reactive ketones (excluding diaryl/α,β-unsaturated/α-hetero) is 1. The second kappa shape index (κ2) is 9.48. The average molecular weight is 592 g/mol. The van der Waals surface area contributed by atoms with Gasteiger partial charge in [-0.3, -0.25) is 24.5 Å². The molecule has 4 aromatic rings. The maximum absolute atomic E-state index is 14.5. The van der Waals surface area contributed by atoms with E-state index in [4.69, 9.17) is 4.98 Å². The highest BCUT2D eigenvalue weighted by Gasteiger charge is 2.56. The molecule has 3 aliphatic carbocycles. The van der Waals surface area contributed by atoms with E-state index in [0.717, 1.165) is 70.6 Å². The first-order valence-electron chi connectivity index (χ1n) is 15.5. The van der Waals surface area contributed by atoms with E-state index in [0.29, 0.717) is 31.4 Å². The second-order valence-corrected chi connectivity index (χ2v) is 13.6. The third-order valence-electron chi connectivity index (χ3n) is 11.1. The Morgan fingerprint density at radius 3 is 2.41 bits per heavy atom. The number of ketones is 1. The molecule has 1 unspecified atom stereocenters. The van der Waals surface area contributed by atoms with Crippen LogP contribution in [-0.4, -0.2) is 50.6 Å². The van der Waals surface area contributed by atoms with Gasteiger partial charge in [-0.25, -0.2) is 8.78 Å². The van der Waals surface area contributed by atoms with Gasteiger partial charge in [0.1, 0.15) is 23.0 Å². The van der Waals surface area contributed by atoms with Gasteiger partial charge in [0.2, 0.25) is 5.91 Å². The predicted octanol–water partition coefficient (Wildman–Crippen LogP) is 5.57. The van der Waals surface area contributed by atoms with Crippen LogP contribution in [0.5, 0.6) is 0 Å². The molecular weight excluding hydrogens is 557 g/mol. The molecule has 224 valence electrons. The van der Waals surface area contributed by atoms with Gasteiger partial charge in [0.05, 0.1) is 22.2 Å². The van der Waals surface area contributed by atoms with Crippen molar-refractivity contribution in [2.24, 2.45) is 0 Å². The van der Waals surface area contributed by atoms with Crippen molar-refractivity contribution in [3.63, 3.8) is 0 Å². The van der Waals surface area contributed by atoms with E-state index in [1.54, 1.807) is 12.4 Å². The summed E-state index contributed by atoms with van der Waals surface area (Å²) < 4.78 is 29.0. The van der Waals surface area contributed by atoms with Crippen LogP contribution in [0.15, 0.2) is 60.9 Å². The highest BCUT2D eigenvalue weighted by Crippen LogP contribution is 2.48. The van der Waals surface area contributed by atoms with Gasteiger partial charge >= 0.3 is 0 Å². The lowest BCUT2D eigenvalue weighted by molar-refractivity contribution is -0.164. The summed E-state index contributed by atoms with van der Waals surface area (Å²) >= 11 is 0. The summed E-state index contributed by atoms with van der Waals surface area (Å²) in [6, 6.07) is 13.8. The molecule has 2 aromatic carbocycles. The topological polar surface area (TPSA) is 66.4 Å². The number of hydrogen-bond donors (Lipinski definition) is 0. The van der Waals surface area contributed by atoms with Crippen LogP contribution in [-0.2, 0) is 46.4 Å². The summed E-state index contributed by atoms with van der Waals surface area (Å²) in [6.07, 6.45) is 8.72. The lowest BCUT2D eigenvalue weighted by Gasteiger charge is -2.56. The summed E-state index contributed by atoms with van der Waals surface area (Å²) in [5.74, 6) is -1.09. The average Bonchev–Trinajstić information content (AvgIpc) is 3.70. The number of piperazine rings is 1. The number of likely N-dealkylation sites (N-methyl/N-ethyl adjacent to an activating group) is 1. The molecule has 0 N–H and O–H groups in total. The summed E-state index contributed by atoms with van der Waals surface area (Å²) in [5.41, 5.74) is 4.22. The van der Waals surface area contributed by atoms with Crippen molar-refractivity contribution in [2.45, 2.75) is 74.9 Å². The zero-order chi connectivity index (χ0) is 30.4. The first-order valence-corrected chi connectivity index (χ1v) is 15.5. The minimum absolute atomic E-state index is 0.000989. The minimum Gasteiger partial charge on any atom is -0.326 e. The number of fused-ring (bicyclic) bond motifs is 4. The van der Waals surface area contributed by atoms with E-state index in [2.05, 4.69) is 28.1 Å². The highest BCUT2D eigenvalue weighted by atomic mass is 19.1. The molecule has 3 heterocycles. The molecule has 2 fully saturated rings. The van der Waals surface area contributed by atoms with E-state index in [-0.39, 0.29) is 18.2 Å². The molecule has 44 heavy (non-hydrogen) atoms. The maximum atomic E-state index is 14.5. The Hall–Kier alpha value is -4.04. The molecule has 4 aliphatic rings. The number of rotatable bonds is 3. The minimum atomic E-state index is -0.952. The zero-order valence-corrected chi connectivity index (χ0v) is 25.0. The number of pyridine rings is 2. The fourth-order valence-electron chi connectivity index (χ4n) is 8.75. The van der Waals surface area contributed by atoms with E-state index in [1.165, 1.54) is 12.1 Å². The second-order valence-electron chi connectivity index (χ2n) is 13.6. The van der Waals surface area contributed by atoms with Crippen molar-refractivity contribution in [2.75, 3.05) is 13.6 Å². The monoisotopic (exact) mass is 591 g/mol. The number of amides is 1. The number of carbonyl (C=O) groups excluding carboxylic acids is 2. The molecule has 1 amide bonds. The van der Waals surface area contributed by atoms with Crippen LogP contribution in [0.3, 0.4) is 0 Å². The standard InChI is InChI=1S/C36H34F2N4O2/c1-34(26-13-27(37)15-28(38)14-26)21-41(2)36(7-3-4-8-36)33(44)42(34)20-22-10-23-11-24-17-35(18-25(24)12-30(23)40-19-22)29-6-5-9-39-31(29)16-32(35)43/h5-6,9-15,19H,3-4,7-8,16-18,20-21H2,1-2H3/t34?,35-/m0/s1/i2-1. The van der Waals surface area contributed by atoms with Crippen molar-refractivity contribution in [3.8, 4) is 0 Å². The summed E-state index contributed by atoms with van der Waals surface area (Å²) in [7, 11) is 1.96. The van der Waals surface area contributed by atoms with Gasteiger partial charge in [0.25, 0.3) is 0 Å². The van der Waals surface area contributed by atoms with E-state index < -0.39 is 28.1 Å². The van der Waals surface area contributed by atoms with Crippen molar-refractivity contribution >= 4 is 22.6 Å². The molecule has 2 atom stereocenters. The number of aromatic nitrogens is 2. The lowest BCUT2D eigenvalue weighted by Crippen LogP contribution is -2.70. The van der Waals surface area contributed by atoms with E-state index >= 15 is 0 Å². The van der Waals surface area contributed by atoms with Crippen LogP contribution >= 0.6 is 0 Å². The molecule has 2 aromatic heterocycles. The third kappa shape index (κ3) is 3.86. The molecule has 0 radical (unpaired) electrons. The Morgan fingerprint density at radius 2 is 1.66 bits per heavy atom. The summed E-state index contributed by atoms with van der Waals surface area (Å²) in [6.45, 7) is 2.64. The van der Waals surface area contributed by atoms with Crippen molar-refractivity contribution in [3.05, 3.63) is 106 Å². The molecule has 6 nitrogen and oxygen atoms in total. The number of hydrogen-bond acceptors (Lipinski definition) is 5. The first kappa shape index (κ1) is 27.5. The quantitative estimate of drug-likeness (QED) is 0.312. The Labute approximate surface area is 255 Å². The lowest BCUT2D eigenvalue weighted by atomic mass is 9.78. The molecule has 1 saturated carbocycles. The molecular formula is C36H34F2N4O2. The predicted molar refractivity (Wildman–Crippen MR) is 162 cm³/mol. The SMILES string of the molecule is CC1(c2cc(F)cc(F)c2)CN([11CH3])C2(CCCC2)C(=O)N1Cc1cnc2cc3c(cc2c1)C[C@@]1(C3)C(=O)Cc2ncccc21. The van der Waals surface area contributed by atoms with Crippen molar-refractivity contribution < 1.29 is 18.4 Å². The van der Waals surface area contributed by atoms with E-state index in [1.807, 2.05) is 31.0 Å². The van der Waals surface area contributed by atoms with E-state index in [9.17, 15) is 18.4 Å². The van der Waals surface area contributed by atoms with Crippen LogP contribution in [0.2, 0.25) is 0 Å². The fourth-order valence-corrected chi connectivity index (χ4v) is 8.75. The van der Waals surface area contributed by atoms with Gasteiger partial charge in [-0.1, -0.05) is 18.9 Å². The zero-order valence-electron chi connectivity index (χ0n) is 25.0. The Bertz CT molecular complexity index is 1870. The molecule has 2 spiro atoms. The Kier molecular flexibility index (Phi) is 5.93. The van der Waals surface area contributed by atoms with Gasteiger partial charge in [0, 0.05) is 43.4 Å². The number of benzene rings is 2. The molecule has 8 rings (SSSR count). The highest BCUT2D eigenvalue weighted by molar-refractivity contribution is 5.98. The van der Waals surface area contributed by atoms with Gasteiger partial charge in [-0.05, 0) is 104 Å². The molecule has 8 heteroatoms. The van der Waals surface area contributed by atoms with Gasteiger partial charge in [0.15, 0.2) is 0 Å². The largest absolute Gasteiger partial charge is 0.326 e. The van der Waals surface area contributed by atoms with Crippen LogP contribution in [0, 0.1) is 11.6 Å².